The van der Waals surface area contributed by atoms with Crippen molar-refractivity contribution in [3.63, 3.8) is 0 Å². The van der Waals surface area contributed by atoms with Crippen molar-refractivity contribution < 1.29 is 31.1 Å². The van der Waals surface area contributed by atoms with Gasteiger partial charge in [0.1, 0.15) is 39.6 Å². The minimum absolute atomic E-state index is 0.101. The number of halogens is 3. The number of fused-ring (bicyclic) bond motifs is 1. The zero-order chi connectivity index (χ0) is 33.5. The monoisotopic (exact) mass is 672 g/mol. The van der Waals surface area contributed by atoms with E-state index in [1.165, 1.54) is 6.07 Å². The van der Waals surface area contributed by atoms with E-state index in [1.54, 1.807) is 17.8 Å². The van der Waals surface area contributed by atoms with Gasteiger partial charge in [-0.05, 0) is 76.1 Å². The number of nitrogens with one attached hydrogen (secondary N) is 1. The molecule has 0 radical (unpaired) electrons. The van der Waals surface area contributed by atoms with E-state index in [9.17, 15) is 12.8 Å². The van der Waals surface area contributed by atoms with Crippen molar-refractivity contribution in [3.8, 4) is 17.0 Å². The summed E-state index contributed by atoms with van der Waals surface area (Å²) >= 11 is 0. The molecule has 1 aliphatic carbocycles. The number of rotatable bonds is 9. The molecule has 6 rings (SSSR count). The second-order valence-electron chi connectivity index (χ2n) is 12.3. The highest BCUT2D eigenvalue weighted by atomic mass is 32.2. The Bertz CT molecular complexity index is 1890. The van der Waals surface area contributed by atoms with Gasteiger partial charge in [-0.2, -0.15) is 5.10 Å². The van der Waals surface area contributed by atoms with Crippen molar-refractivity contribution in [2.24, 2.45) is 0 Å². The number of benzene rings is 2. The number of pyridine rings is 1. The molecule has 3 N–H and O–H groups in total. The fourth-order valence-electron chi connectivity index (χ4n) is 6.73. The van der Waals surface area contributed by atoms with Crippen molar-refractivity contribution in [2.45, 2.75) is 69.4 Å². The minimum Gasteiger partial charge on any atom is -0.494 e. The number of ether oxygens (including phenoxy) is 2. The number of hydrogen-bond donors (Lipinski definition) is 2. The molecule has 3 heterocycles. The Hall–Kier alpha value is -3.88. The molecule has 0 unspecified atom stereocenters. The minimum atomic E-state index is -4.65. The average molecular weight is 673 g/mol. The molecule has 1 aliphatic heterocycles. The number of hydrogen-bond acceptors (Lipinski definition) is 8. The molecule has 2 fully saturated rings. The number of nitrogen functional groups attached to an aromatic ring is 1. The van der Waals surface area contributed by atoms with E-state index >= 15 is 8.78 Å². The summed E-state index contributed by atoms with van der Waals surface area (Å²) in [4.78, 5) is 6.21. The van der Waals surface area contributed by atoms with Crippen LogP contribution in [0.15, 0.2) is 41.4 Å². The molecule has 2 aliphatic rings. The van der Waals surface area contributed by atoms with Crippen LogP contribution in [0, 0.1) is 17.5 Å². The maximum Gasteiger partial charge on any atom is 0.265 e. The van der Waals surface area contributed by atoms with E-state index < -0.39 is 38.1 Å². The van der Waals surface area contributed by atoms with Gasteiger partial charge in [-0.3, -0.25) is 14.3 Å². The third-order valence-electron chi connectivity index (χ3n) is 9.03. The molecular weight excluding hydrogens is 633 g/mol. The Balaban J connectivity index is 1.35. The van der Waals surface area contributed by atoms with Gasteiger partial charge >= 0.3 is 0 Å². The van der Waals surface area contributed by atoms with Crippen LogP contribution in [0.1, 0.15) is 64.0 Å². The second-order valence-corrected chi connectivity index (χ2v) is 14.0. The molecule has 2 aromatic heterocycles. The molecule has 1 saturated carbocycles. The highest BCUT2D eigenvalue weighted by Crippen LogP contribution is 2.43. The Labute approximate surface area is 272 Å². The van der Waals surface area contributed by atoms with Crippen molar-refractivity contribution in [1.29, 1.82) is 0 Å². The lowest BCUT2D eigenvalue weighted by molar-refractivity contribution is 0.00731. The first-order valence-electron chi connectivity index (χ1n) is 15.9. The first kappa shape index (κ1) is 33.0. The quantitative estimate of drug-likeness (QED) is 0.214. The van der Waals surface area contributed by atoms with Crippen LogP contribution in [0.25, 0.3) is 22.2 Å². The van der Waals surface area contributed by atoms with Gasteiger partial charge in [0.05, 0.1) is 36.4 Å². The van der Waals surface area contributed by atoms with Gasteiger partial charge in [-0.1, -0.05) is 0 Å². The number of sulfonamides is 1. The Morgan fingerprint density at radius 2 is 1.77 bits per heavy atom. The van der Waals surface area contributed by atoms with E-state index in [2.05, 4.69) is 9.88 Å². The topological polar surface area (TPSA) is 125 Å². The summed E-state index contributed by atoms with van der Waals surface area (Å²) in [6, 6.07) is 5.12. The van der Waals surface area contributed by atoms with E-state index in [-0.39, 0.29) is 41.4 Å². The third-order valence-corrected chi connectivity index (χ3v) is 10.4. The lowest BCUT2D eigenvalue weighted by Gasteiger charge is -2.39. The first-order chi connectivity index (χ1) is 22.5. The molecule has 0 atom stereocenters. The molecular formula is C33H39F3N6O4S. The van der Waals surface area contributed by atoms with Gasteiger partial charge in [0, 0.05) is 49.1 Å². The fraction of sp³-hybridized carbons (Fsp3) is 0.455. The molecule has 0 amide bonds. The predicted molar refractivity (Wildman–Crippen MR) is 173 cm³/mol. The zero-order valence-corrected chi connectivity index (χ0v) is 27.4. The van der Waals surface area contributed by atoms with E-state index in [1.807, 2.05) is 18.6 Å². The smallest absolute Gasteiger partial charge is 0.265 e. The Kier molecular flexibility index (Phi) is 9.36. The Morgan fingerprint density at radius 1 is 1.04 bits per heavy atom. The first-order valence-corrected chi connectivity index (χ1v) is 17.4. The summed E-state index contributed by atoms with van der Waals surface area (Å²) in [5.74, 6) is -2.68. The SMILES string of the molecule is CCOc1ccc(F)c(S(=O)(=O)Nc2cc(F)c(-c3nn(C(C)C)c4c3c(N)ncc4[C@H]3CC[C@H](N4CCOCC4)CC3)cc2F)c1. The largest absolute Gasteiger partial charge is 0.494 e. The van der Waals surface area contributed by atoms with Gasteiger partial charge in [-0.15, -0.1) is 0 Å². The normalized spacial score (nSPS) is 19.4. The van der Waals surface area contributed by atoms with Crippen LogP contribution in [-0.4, -0.2) is 67.0 Å². The van der Waals surface area contributed by atoms with Crippen molar-refractivity contribution in [1.82, 2.24) is 19.7 Å². The number of morpholine rings is 1. The van der Waals surface area contributed by atoms with Crippen molar-refractivity contribution in [2.75, 3.05) is 43.4 Å². The van der Waals surface area contributed by atoms with Crippen molar-refractivity contribution >= 4 is 32.4 Å². The van der Waals surface area contributed by atoms with Crippen LogP contribution >= 0.6 is 0 Å². The summed E-state index contributed by atoms with van der Waals surface area (Å²) in [6.45, 7) is 9.18. The van der Waals surface area contributed by atoms with Crippen LogP contribution in [0.5, 0.6) is 5.75 Å². The highest BCUT2D eigenvalue weighted by molar-refractivity contribution is 7.92. The number of nitrogens with two attached hydrogens (primary N) is 1. The fourth-order valence-corrected chi connectivity index (χ4v) is 7.88. The summed E-state index contributed by atoms with van der Waals surface area (Å²) in [5, 5.41) is 5.13. The lowest BCUT2D eigenvalue weighted by atomic mass is 9.81. The predicted octanol–water partition coefficient (Wildman–Crippen LogP) is 6.24. The highest BCUT2D eigenvalue weighted by Gasteiger charge is 2.32. The van der Waals surface area contributed by atoms with E-state index in [0.29, 0.717) is 17.5 Å². The lowest BCUT2D eigenvalue weighted by Crippen LogP contribution is -2.44. The van der Waals surface area contributed by atoms with E-state index in [4.69, 9.17) is 20.3 Å². The van der Waals surface area contributed by atoms with Crippen molar-refractivity contribution in [3.05, 3.63) is 59.5 Å². The van der Waals surface area contributed by atoms with Gasteiger partial charge in [0.25, 0.3) is 10.0 Å². The molecule has 252 valence electrons. The molecule has 10 nitrogen and oxygen atoms in total. The summed E-state index contributed by atoms with van der Waals surface area (Å²) in [5.41, 5.74) is 7.30. The van der Waals surface area contributed by atoms with Gasteiger partial charge in [0.2, 0.25) is 0 Å². The maximum absolute atomic E-state index is 15.9. The van der Waals surface area contributed by atoms with Crippen LogP contribution in [-0.2, 0) is 14.8 Å². The standard InChI is InChI=1S/C33H39F3N6O4S/c1-4-46-22-9-10-25(34)29(15-22)47(43,44)40-28-17-26(35)23(16-27(28)36)31-30-32(42(39-31)19(2)3)24(18-38-33(30)37)20-5-7-21(8-6-20)41-11-13-45-14-12-41/h9-10,15-21,40H,4-8,11-14H2,1-3H3,(H2,37,38)/t20-,21-. The van der Waals surface area contributed by atoms with Gasteiger partial charge < -0.3 is 15.2 Å². The maximum atomic E-state index is 15.9. The number of anilines is 2. The van der Waals surface area contributed by atoms with Gasteiger partial charge in [0.15, 0.2) is 0 Å². The van der Waals surface area contributed by atoms with E-state index in [0.717, 1.165) is 81.3 Å². The molecule has 0 spiro atoms. The summed E-state index contributed by atoms with van der Waals surface area (Å²) in [6.07, 6.45) is 5.70. The molecule has 0 bridgehead atoms. The number of aromatic nitrogens is 3. The van der Waals surface area contributed by atoms with Crippen LogP contribution in [0.2, 0.25) is 0 Å². The molecule has 2 aromatic carbocycles. The van der Waals surface area contributed by atoms with Crippen LogP contribution < -0.4 is 15.2 Å². The zero-order valence-electron chi connectivity index (χ0n) is 26.6. The van der Waals surface area contributed by atoms with Crippen LogP contribution in [0.3, 0.4) is 0 Å². The second kappa shape index (κ2) is 13.3. The Morgan fingerprint density at radius 3 is 2.45 bits per heavy atom. The molecule has 4 aromatic rings. The molecule has 1 saturated heterocycles. The van der Waals surface area contributed by atoms with Crippen LogP contribution in [0.4, 0.5) is 24.7 Å². The summed E-state index contributed by atoms with van der Waals surface area (Å²) in [7, 11) is -4.65. The number of nitrogens with zero attached hydrogens (tertiary/aromatic N) is 4. The average Bonchev–Trinajstić information content (AvgIpc) is 3.46. The molecule has 14 heteroatoms. The summed E-state index contributed by atoms with van der Waals surface area (Å²) < 4.78 is 86.6. The van der Waals surface area contributed by atoms with Gasteiger partial charge in [-0.25, -0.2) is 26.6 Å². The molecule has 47 heavy (non-hydrogen) atoms. The third kappa shape index (κ3) is 6.50.